The van der Waals surface area contributed by atoms with Crippen molar-refractivity contribution in [3.8, 4) is 0 Å². The van der Waals surface area contributed by atoms with Crippen LogP contribution >= 0.6 is 15.9 Å². The molecule has 0 saturated heterocycles. The predicted octanol–water partition coefficient (Wildman–Crippen LogP) is 2.67. The van der Waals surface area contributed by atoms with Crippen LogP contribution in [-0.2, 0) is 4.74 Å². The molecule has 0 radical (unpaired) electrons. The lowest BCUT2D eigenvalue weighted by Gasteiger charge is -2.20. The summed E-state index contributed by atoms with van der Waals surface area (Å²) in [5.74, 6) is 0. The van der Waals surface area contributed by atoms with Gasteiger partial charge in [0, 0.05) is 20.1 Å². The van der Waals surface area contributed by atoms with Gasteiger partial charge in [-0.2, -0.15) is 13.2 Å². The minimum absolute atomic E-state index is 0.146. The number of hydrogen-bond acceptors (Lipinski definition) is 2. The third kappa shape index (κ3) is 10.5. The van der Waals surface area contributed by atoms with Crippen molar-refractivity contribution in [2.75, 3.05) is 33.9 Å². The Morgan fingerprint density at radius 1 is 1.40 bits per heavy atom. The average Bonchev–Trinajstić information content (AvgIpc) is 2.01. The first-order valence-corrected chi connectivity index (χ1v) is 5.65. The number of halogens is 4. The smallest absolute Gasteiger partial charge is 0.383 e. The number of nitrogens with zero attached hydrogens (tertiary/aromatic N) is 1. The quantitative estimate of drug-likeness (QED) is 0.669. The lowest BCUT2D eigenvalue weighted by molar-refractivity contribution is -0.136. The van der Waals surface area contributed by atoms with Gasteiger partial charge in [0.25, 0.3) is 0 Å². The summed E-state index contributed by atoms with van der Waals surface area (Å²) in [5.41, 5.74) is 0. The van der Waals surface area contributed by atoms with Gasteiger partial charge >= 0.3 is 6.18 Å². The summed E-state index contributed by atoms with van der Waals surface area (Å²) in [4.78, 5) is 2.03. The zero-order chi connectivity index (χ0) is 11.9. The van der Waals surface area contributed by atoms with Gasteiger partial charge in [-0.25, -0.2) is 0 Å². The molecular weight excluding hydrogens is 275 g/mol. The van der Waals surface area contributed by atoms with Gasteiger partial charge in [-0.15, -0.1) is 0 Å². The highest BCUT2D eigenvalue weighted by atomic mass is 79.9. The van der Waals surface area contributed by atoms with Gasteiger partial charge in [-0.05, 0) is 20.0 Å². The molecule has 1 unspecified atom stereocenters. The Morgan fingerprint density at radius 3 is 2.47 bits per heavy atom. The highest BCUT2D eigenvalue weighted by Crippen LogP contribution is 2.21. The second-order valence-corrected chi connectivity index (χ2v) is 4.83. The van der Waals surface area contributed by atoms with Gasteiger partial charge in [0.2, 0.25) is 0 Å². The van der Waals surface area contributed by atoms with Crippen LogP contribution in [-0.4, -0.2) is 49.8 Å². The summed E-state index contributed by atoms with van der Waals surface area (Å²) in [5, 5.41) is 0. The van der Waals surface area contributed by atoms with Gasteiger partial charge in [0.15, 0.2) is 0 Å². The van der Waals surface area contributed by atoms with E-state index in [4.69, 9.17) is 4.74 Å². The fraction of sp³-hybridized carbons (Fsp3) is 1.00. The topological polar surface area (TPSA) is 12.5 Å². The first kappa shape index (κ1) is 15.2. The van der Waals surface area contributed by atoms with Crippen molar-refractivity contribution in [3.05, 3.63) is 0 Å². The van der Waals surface area contributed by atoms with Crippen LogP contribution in [0.3, 0.4) is 0 Å². The van der Waals surface area contributed by atoms with Crippen molar-refractivity contribution in [2.45, 2.75) is 23.8 Å². The Kier molecular flexibility index (Phi) is 7.56. The maximum Gasteiger partial charge on any atom is 0.389 e. The molecule has 0 amide bonds. The van der Waals surface area contributed by atoms with E-state index in [0.717, 1.165) is 0 Å². The molecule has 0 N–H and O–H groups in total. The van der Waals surface area contributed by atoms with Crippen molar-refractivity contribution < 1.29 is 17.9 Å². The largest absolute Gasteiger partial charge is 0.389 e. The van der Waals surface area contributed by atoms with Crippen LogP contribution in [0.15, 0.2) is 0 Å². The second kappa shape index (κ2) is 7.46. The summed E-state index contributed by atoms with van der Waals surface area (Å²) in [6.45, 7) is 1.70. The van der Waals surface area contributed by atoms with Crippen molar-refractivity contribution in [1.82, 2.24) is 4.90 Å². The Hall–Kier alpha value is 0.190. The summed E-state index contributed by atoms with van der Waals surface area (Å²) in [6.07, 6.45) is -4.61. The molecule has 6 heteroatoms. The molecule has 0 aliphatic carbocycles. The molecule has 2 nitrogen and oxygen atoms in total. The number of rotatable bonds is 7. The van der Waals surface area contributed by atoms with E-state index in [2.05, 4.69) is 15.9 Å². The number of methoxy groups -OCH3 is 1. The normalized spacial score (nSPS) is 14.6. The van der Waals surface area contributed by atoms with Crippen molar-refractivity contribution in [1.29, 1.82) is 0 Å². The molecular formula is C9H17BrF3NO. The Morgan fingerprint density at radius 2 is 2.00 bits per heavy atom. The first-order valence-electron chi connectivity index (χ1n) is 4.73. The van der Waals surface area contributed by atoms with Crippen LogP contribution in [0.25, 0.3) is 0 Å². The third-order valence-corrected chi connectivity index (χ3v) is 2.41. The number of ether oxygens (including phenoxy) is 1. The molecule has 15 heavy (non-hydrogen) atoms. The molecule has 0 aliphatic heterocycles. The minimum atomic E-state index is -4.04. The van der Waals surface area contributed by atoms with E-state index in [1.807, 2.05) is 4.90 Å². The van der Waals surface area contributed by atoms with E-state index in [9.17, 15) is 13.2 Å². The minimum Gasteiger partial charge on any atom is -0.383 e. The molecule has 0 rings (SSSR count). The van der Waals surface area contributed by atoms with Crippen LogP contribution in [0, 0.1) is 0 Å². The fourth-order valence-corrected chi connectivity index (χ4v) is 1.97. The van der Waals surface area contributed by atoms with Gasteiger partial charge in [-0.1, -0.05) is 15.9 Å². The molecule has 0 aromatic heterocycles. The number of alkyl halides is 4. The number of hydrogen-bond donors (Lipinski definition) is 0. The highest BCUT2D eigenvalue weighted by molar-refractivity contribution is 9.09. The van der Waals surface area contributed by atoms with Crippen LogP contribution in [0.4, 0.5) is 13.2 Å². The molecule has 0 spiro atoms. The standard InChI is InChI=1S/C9H17BrF3NO/c1-14(6-8(10)7-15-2)5-3-4-9(11,12)13/h8H,3-7H2,1-2H3. The highest BCUT2D eigenvalue weighted by Gasteiger charge is 2.26. The van der Waals surface area contributed by atoms with E-state index < -0.39 is 12.6 Å². The van der Waals surface area contributed by atoms with Crippen LogP contribution < -0.4 is 0 Å². The molecule has 0 saturated carbocycles. The molecule has 0 bridgehead atoms. The van der Waals surface area contributed by atoms with Crippen LogP contribution in [0.2, 0.25) is 0 Å². The monoisotopic (exact) mass is 291 g/mol. The molecule has 92 valence electrons. The molecule has 0 heterocycles. The van der Waals surface area contributed by atoms with E-state index >= 15 is 0 Å². The van der Waals surface area contributed by atoms with Gasteiger partial charge < -0.3 is 9.64 Å². The van der Waals surface area contributed by atoms with Crippen molar-refractivity contribution >= 4 is 15.9 Å². The van der Waals surface area contributed by atoms with E-state index in [1.165, 1.54) is 0 Å². The second-order valence-electron chi connectivity index (χ2n) is 3.53. The van der Waals surface area contributed by atoms with Crippen molar-refractivity contribution in [3.63, 3.8) is 0 Å². The van der Waals surface area contributed by atoms with E-state index in [0.29, 0.717) is 19.7 Å². The lowest BCUT2D eigenvalue weighted by atomic mass is 10.3. The van der Waals surface area contributed by atoms with Crippen LogP contribution in [0.1, 0.15) is 12.8 Å². The van der Waals surface area contributed by atoms with Gasteiger partial charge in [-0.3, -0.25) is 0 Å². The Bertz CT molecular complexity index is 166. The van der Waals surface area contributed by atoms with Crippen LogP contribution in [0.5, 0.6) is 0 Å². The van der Waals surface area contributed by atoms with Crippen molar-refractivity contribution in [2.24, 2.45) is 0 Å². The maximum atomic E-state index is 11.8. The van der Waals surface area contributed by atoms with Gasteiger partial charge in [0.1, 0.15) is 0 Å². The first-order chi connectivity index (χ1) is 6.85. The zero-order valence-corrected chi connectivity index (χ0v) is 10.6. The van der Waals surface area contributed by atoms with E-state index in [-0.39, 0.29) is 11.2 Å². The average molecular weight is 292 g/mol. The molecule has 0 aromatic rings. The Labute approximate surface area is 96.9 Å². The maximum absolute atomic E-state index is 11.8. The predicted molar refractivity (Wildman–Crippen MR) is 57.4 cm³/mol. The Balaban J connectivity index is 3.53. The zero-order valence-electron chi connectivity index (χ0n) is 8.98. The van der Waals surface area contributed by atoms with E-state index in [1.54, 1.807) is 14.2 Å². The summed E-state index contributed by atoms with van der Waals surface area (Å²) >= 11 is 3.38. The fourth-order valence-electron chi connectivity index (χ4n) is 1.21. The molecule has 0 aliphatic rings. The molecule has 0 aromatic carbocycles. The van der Waals surface area contributed by atoms with Gasteiger partial charge in [0.05, 0.1) is 11.4 Å². The third-order valence-electron chi connectivity index (χ3n) is 1.86. The lowest BCUT2D eigenvalue weighted by Crippen LogP contribution is -2.29. The SMILES string of the molecule is COCC(Br)CN(C)CCCC(F)(F)F. The summed E-state index contributed by atoms with van der Waals surface area (Å²) in [6, 6.07) is 0. The molecule has 0 fully saturated rings. The summed E-state index contributed by atoms with van der Waals surface area (Å²) < 4.78 is 40.4. The summed E-state index contributed by atoms with van der Waals surface area (Å²) in [7, 11) is 3.40. The molecule has 1 atom stereocenters.